The molecule has 0 saturated heterocycles. The molecule has 1 rings (SSSR count). The number of aromatic nitrogens is 1. The smallest absolute Gasteiger partial charge is 0.336 e. The number of carboxylic acid groups (broad SMARTS) is 1. The number of hydrogen-bond acceptors (Lipinski definition) is 2. The van der Waals surface area contributed by atoms with Crippen LogP contribution in [0.2, 0.25) is 0 Å². The lowest BCUT2D eigenvalue weighted by atomic mass is 10.3. The van der Waals surface area contributed by atoms with E-state index in [0.29, 0.717) is 9.13 Å². The predicted molar refractivity (Wildman–Crippen MR) is 56.6 cm³/mol. The van der Waals surface area contributed by atoms with Crippen molar-refractivity contribution in [1.29, 1.82) is 0 Å². The molecule has 1 N–H and O–H groups in total. The summed E-state index contributed by atoms with van der Waals surface area (Å²) in [5.74, 6) is -0.908. The molecule has 0 atom stereocenters. The lowest BCUT2D eigenvalue weighted by molar-refractivity contribution is 0.0695. The highest BCUT2D eigenvalue weighted by molar-refractivity contribution is 14.1. The van der Waals surface area contributed by atoms with E-state index in [1.807, 2.05) is 45.2 Å². The third-order valence-electron chi connectivity index (χ3n) is 1.08. The molecule has 58 valence electrons. The van der Waals surface area contributed by atoms with Crippen LogP contribution in [0.3, 0.4) is 0 Å². The Hall–Kier alpha value is 0.0800. The second-order valence-corrected chi connectivity index (χ2v) is 3.87. The average Bonchev–Trinajstić information content (AvgIpc) is 1.94. The fourth-order valence-electron chi connectivity index (χ4n) is 0.583. The SMILES string of the molecule is O=C(O)c1ccnc(I)c1I. The van der Waals surface area contributed by atoms with Gasteiger partial charge in [0.25, 0.3) is 0 Å². The summed E-state index contributed by atoms with van der Waals surface area (Å²) in [6.07, 6.45) is 1.49. The van der Waals surface area contributed by atoms with Crippen molar-refractivity contribution in [2.24, 2.45) is 0 Å². The van der Waals surface area contributed by atoms with E-state index < -0.39 is 5.97 Å². The third kappa shape index (κ3) is 2.01. The highest BCUT2D eigenvalue weighted by atomic mass is 127. The standard InChI is InChI=1S/C6H3I2NO2/c7-4-3(6(10)11)1-2-9-5(4)8/h1-2H,(H,10,11). The van der Waals surface area contributed by atoms with Crippen molar-refractivity contribution in [3.8, 4) is 0 Å². The number of hydrogen-bond donors (Lipinski definition) is 1. The Kier molecular flexibility index (Phi) is 3.05. The van der Waals surface area contributed by atoms with E-state index in [2.05, 4.69) is 4.98 Å². The molecule has 0 spiro atoms. The Morgan fingerprint density at radius 3 is 2.64 bits per heavy atom. The van der Waals surface area contributed by atoms with Crippen molar-refractivity contribution < 1.29 is 9.90 Å². The van der Waals surface area contributed by atoms with Crippen molar-refractivity contribution in [3.05, 3.63) is 25.1 Å². The van der Waals surface area contributed by atoms with E-state index in [0.717, 1.165) is 3.70 Å². The first-order valence-corrected chi connectivity index (χ1v) is 4.82. The molecule has 0 saturated carbocycles. The van der Waals surface area contributed by atoms with E-state index in [4.69, 9.17) is 5.11 Å². The maximum absolute atomic E-state index is 10.5. The number of carbonyl (C=O) groups is 1. The Morgan fingerprint density at radius 2 is 2.18 bits per heavy atom. The van der Waals surface area contributed by atoms with Gasteiger partial charge in [-0.2, -0.15) is 0 Å². The lowest BCUT2D eigenvalue weighted by Crippen LogP contribution is -2.01. The van der Waals surface area contributed by atoms with Crippen LogP contribution in [0.1, 0.15) is 10.4 Å². The van der Waals surface area contributed by atoms with Crippen LogP contribution >= 0.6 is 45.2 Å². The minimum Gasteiger partial charge on any atom is -0.478 e. The molecule has 3 nitrogen and oxygen atoms in total. The van der Waals surface area contributed by atoms with Crippen LogP contribution in [0.4, 0.5) is 0 Å². The van der Waals surface area contributed by atoms with E-state index in [9.17, 15) is 4.79 Å². The molecular formula is C6H3I2NO2. The van der Waals surface area contributed by atoms with E-state index in [1.165, 1.54) is 12.3 Å². The van der Waals surface area contributed by atoms with Crippen molar-refractivity contribution in [2.75, 3.05) is 0 Å². The molecule has 1 aromatic heterocycles. The zero-order chi connectivity index (χ0) is 8.43. The molecule has 0 bridgehead atoms. The maximum atomic E-state index is 10.5. The van der Waals surface area contributed by atoms with Gasteiger partial charge in [-0.3, -0.25) is 0 Å². The molecular weight excluding hydrogens is 372 g/mol. The summed E-state index contributed by atoms with van der Waals surface area (Å²) >= 11 is 3.97. The second kappa shape index (κ2) is 3.65. The Morgan fingerprint density at radius 1 is 1.55 bits per heavy atom. The first-order valence-electron chi connectivity index (χ1n) is 2.66. The fraction of sp³-hybridized carbons (Fsp3) is 0. The molecule has 0 amide bonds. The van der Waals surface area contributed by atoms with Crippen LogP contribution in [-0.4, -0.2) is 16.1 Å². The minimum absolute atomic E-state index is 0.310. The van der Waals surface area contributed by atoms with Crippen LogP contribution in [-0.2, 0) is 0 Å². The summed E-state index contributed by atoms with van der Waals surface area (Å²) in [4.78, 5) is 14.5. The zero-order valence-corrected chi connectivity index (χ0v) is 9.53. The molecule has 0 aliphatic rings. The molecule has 0 radical (unpaired) electrons. The minimum atomic E-state index is -0.908. The first kappa shape index (κ1) is 9.17. The van der Waals surface area contributed by atoms with Crippen LogP contribution in [0, 0.1) is 7.27 Å². The number of carboxylic acids is 1. The fourth-order valence-corrected chi connectivity index (χ4v) is 1.58. The van der Waals surface area contributed by atoms with Gasteiger partial charge in [0.2, 0.25) is 0 Å². The quantitative estimate of drug-likeness (QED) is 0.604. The second-order valence-electron chi connectivity index (χ2n) is 1.77. The molecule has 1 aromatic rings. The largest absolute Gasteiger partial charge is 0.478 e. The maximum Gasteiger partial charge on any atom is 0.336 e. The number of pyridine rings is 1. The predicted octanol–water partition coefficient (Wildman–Crippen LogP) is 1.99. The molecule has 0 aliphatic heterocycles. The Balaban J connectivity index is 3.27. The molecule has 1 heterocycles. The van der Waals surface area contributed by atoms with Gasteiger partial charge in [-0.25, -0.2) is 9.78 Å². The Bertz CT molecular complexity index is 301. The highest BCUT2D eigenvalue weighted by Gasteiger charge is 2.09. The topological polar surface area (TPSA) is 50.2 Å². The van der Waals surface area contributed by atoms with Gasteiger partial charge in [0.15, 0.2) is 0 Å². The molecule has 0 unspecified atom stereocenters. The van der Waals surface area contributed by atoms with Gasteiger partial charge in [0.05, 0.1) is 9.13 Å². The van der Waals surface area contributed by atoms with Gasteiger partial charge < -0.3 is 5.11 Å². The van der Waals surface area contributed by atoms with Gasteiger partial charge in [-0.05, 0) is 51.2 Å². The van der Waals surface area contributed by atoms with Crippen LogP contribution in [0.5, 0.6) is 0 Å². The Labute approximate surface area is 90.5 Å². The van der Waals surface area contributed by atoms with Crippen molar-refractivity contribution in [3.63, 3.8) is 0 Å². The number of nitrogens with zero attached hydrogens (tertiary/aromatic N) is 1. The van der Waals surface area contributed by atoms with E-state index in [1.54, 1.807) is 0 Å². The van der Waals surface area contributed by atoms with Gasteiger partial charge in [-0.15, -0.1) is 0 Å². The van der Waals surface area contributed by atoms with E-state index >= 15 is 0 Å². The first-order chi connectivity index (χ1) is 5.13. The van der Waals surface area contributed by atoms with E-state index in [-0.39, 0.29) is 0 Å². The van der Waals surface area contributed by atoms with Crippen LogP contribution in [0.25, 0.3) is 0 Å². The molecule has 0 fully saturated rings. The van der Waals surface area contributed by atoms with Gasteiger partial charge >= 0.3 is 5.97 Å². The lowest BCUT2D eigenvalue weighted by Gasteiger charge is -1.98. The number of rotatable bonds is 1. The van der Waals surface area contributed by atoms with Crippen molar-refractivity contribution in [1.82, 2.24) is 4.98 Å². The van der Waals surface area contributed by atoms with Gasteiger partial charge in [0.1, 0.15) is 3.70 Å². The normalized spacial score (nSPS) is 9.64. The number of aromatic carboxylic acids is 1. The third-order valence-corrected chi connectivity index (χ3v) is 4.02. The summed E-state index contributed by atoms with van der Waals surface area (Å²) in [6.45, 7) is 0. The van der Waals surface area contributed by atoms with Crippen LogP contribution in [0.15, 0.2) is 12.3 Å². The zero-order valence-electron chi connectivity index (χ0n) is 5.21. The summed E-state index contributed by atoms with van der Waals surface area (Å²) in [5, 5.41) is 8.65. The summed E-state index contributed by atoms with van der Waals surface area (Å²) in [7, 11) is 0. The highest BCUT2D eigenvalue weighted by Crippen LogP contribution is 2.16. The van der Waals surface area contributed by atoms with Crippen LogP contribution < -0.4 is 0 Å². The summed E-state index contributed by atoms with van der Waals surface area (Å²) in [5.41, 5.74) is 0.310. The molecule has 11 heavy (non-hydrogen) atoms. The monoisotopic (exact) mass is 375 g/mol. The molecule has 5 heteroatoms. The van der Waals surface area contributed by atoms with Gasteiger partial charge in [0, 0.05) is 6.20 Å². The van der Waals surface area contributed by atoms with Crippen molar-refractivity contribution >= 4 is 51.2 Å². The summed E-state index contributed by atoms with van der Waals surface area (Å²) < 4.78 is 1.42. The van der Waals surface area contributed by atoms with Gasteiger partial charge in [-0.1, -0.05) is 0 Å². The average molecular weight is 375 g/mol. The number of halogens is 2. The molecule has 0 aliphatic carbocycles. The summed E-state index contributed by atoms with van der Waals surface area (Å²) in [6, 6.07) is 1.49. The van der Waals surface area contributed by atoms with Crippen molar-refractivity contribution in [2.45, 2.75) is 0 Å². The molecule has 0 aromatic carbocycles.